The third kappa shape index (κ3) is 2.34. The SMILES string of the molecule is CCCn1c(C(C)(N)c2ccccc2)nc2ccccc21. The van der Waals surface area contributed by atoms with E-state index in [1.807, 2.05) is 37.3 Å². The number of para-hydroxylation sites is 2. The van der Waals surface area contributed by atoms with Crippen LogP contribution in [-0.2, 0) is 12.1 Å². The standard InChI is InChI=1S/C18H21N3/c1-3-13-21-16-12-8-7-11-15(16)20-17(21)18(2,19)14-9-5-4-6-10-14/h4-12H,3,13,19H2,1-2H3. The Hall–Kier alpha value is -2.13. The summed E-state index contributed by atoms with van der Waals surface area (Å²) < 4.78 is 2.25. The van der Waals surface area contributed by atoms with Gasteiger partial charge in [0, 0.05) is 6.54 Å². The van der Waals surface area contributed by atoms with Gasteiger partial charge in [0.05, 0.1) is 16.6 Å². The van der Waals surface area contributed by atoms with Crippen LogP contribution in [0.25, 0.3) is 11.0 Å². The van der Waals surface area contributed by atoms with Crippen molar-refractivity contribution < 1.29 is 0 Å². The minimum Gasteiger partial charge on any atom is -0.326 e. The lowest BCUT2D eigenvalue weighted by molar-refractivity contribution is 0.511. The molecule has 2 aromatic carbocycles. The lowest BCUT2D eigenvalue weighted by Gasteiger charge is -2.26. The molecule has 0 fully saturated rings. The molecule has 3 aromatic rings. The third-order valence-corrected chi connectivity index (χ3v) is 3.94. The quantitative estimate of drug-likeness (QED) is 0.792. The highest BCUT2D eigenvalue weighted by atomic mass is 15.1. The summed E-state index contributed by atoms with van der Waals surface area (Å²) in [5.74, 6) is 0.928. The predicted molar refractivity (Wildman–Crippen MR) is 87.1 cm³/mol. The Morgan fingerprint density at radius 1 is 1.05 bits per heavy atom. The normalized spacial score (nSPS) is 14.2. The number of hydrogen-bond donors (Lipinski definition) is 1. The van der Waals surface area contributed by atoms with Crippen molar-refractivity contribution in [2.24, 2.45) is 5.73 Å². The van der Waals surface area contributed by atoms with Crippen LogP contribution in [0.1, 0.15) is 31.7 Å². The fourth-order valence-electron chi connectivity index (χ4n) is 2.84. The number of imidazole rings is 1. The monoisotopic (exact) mass is 279 g/mol. The first-order valence-electron chi connectivity index (χ1n) is 7.44. The zero-order chi connectivity index (χ0) is 14.9. The van der Waals surface area contributed by atoms with Gasteiger partial charge >= 0.3 is 0 Å². The molecule has 3 rings (SSSR count). The molecule has 0 aliphatic heterocycles. The molecule has 0 aliphatic rings. The minimum atomic E-state index is -0.602. The van der Waals surface area contributed by atoms with Crippen LogP contribution in [0.4, 0.5) is 0 Å². The Morgan fingerprint density at radius 3 is 2.43 bits per heavy atom. The van der Waals surface area contributed by atoms with E-state index < -0.39 is 5.54 Å². The molecule has 1 unspecified atom stereocenters. The van der Waals surface area contributed by atoms with Crippen molar-refractivity contribution in [2.75, 3.05) is 0 Å². The Labute approximate surface area is 125 Å². The van der Waals surface area contributed by atoms with Crippen molar-refractivity contribution in [3.05, 3.63) is 66.0 Å². The average Bonchev–Trinajstić information content (AvgIpc) is 2.88. The second-order valence-corrected chi connectivity index (χ2v) is 5.64. The highest BCUT2D eigenvalue weighted by Gasteiger charge is 2.29. The summed E-state index contributed by atoms with van der Waals surface area (Å²) in [5.41, 5.74) is 9.31. The maximum atomic E-state index is 6.67. The van der Waals surface area contributed by atoms with Crippen LogP contribution >= 0.6 is 0 Å². The smallest absolute Gasteiger partial charge is 0.134 e. The predicted octanol–water partition coefficient (Wildman–Crippen LogP) is 3.67. The highest BCUT2D eigenvalue weighted by molar-refractivity contribution is 5.76. The Morgan fingerprint density at radius 2 is 1.71 bits per heavy atom. The van der Waals surface area contributed by atoms with Gasteiger partial charge in [-0.3, -0.25) is 0 Å². The van der Waals surface area contributed by atoms with Gasteiger partial charge in [0.1, 0.15) is 5.82 Å². The van der Waals surface area contributed by atoms with Crippen molar-refractivity contribution in [3.63, 3.8) is 0 Å². The van der Waals surface area contributed by atoms with Gasteiger partial charge in [0.15, 0.2) is 0 Å². The van der Waals surface area contributed by atoms with Gasteiger partial charge in [0.2, 0.25) is 0 Å². The Balaban J connectivity index is 2.21. The largest absolute Gasteiger partial charge is 0.326 e. The van der Waals surface area contributed by atoms with Gasteiger partial charge in [0.25, 0.3) is 0 Å². The first-order chi connectivity index (χ1) is 10.1. The third-order valence-electron chi connectivity index (χ3n) is 3.94. The number of aromatic nitrogens is 2. The Kier molecular flexibility index (Phi) is 3.52. The van der Waals surface area contributed by atoms with Crippen LogP contribution in [0.15, 0.2) is 54.6 Å². The molecule has 108 valence electrons. The first-order valence-corrected chi connectivity index (χ1v) is 7.44. The maximum Gasteiger partial charge on any atom is 0.134 e. The number of hydrogen-bond acceptors (Lipinski definition) is 2. The number of fused-ring (bicyclic) bond motifs is 1. The molecular weight excluding hydrogens is 258 g/mol. The van der Waals surface area contributed by atoms with E-state index in [-0.39, 0.29) is 0 Å². The molecule has 1 atom stereocenters. The van der Waals surface area contributed by atoms with Crippen LogP contribution in [0.5, 0.6) is 0 Å². The van der Waals surface area contributed by atoms with Gasteiger partial charge in [-0.2, -0.15) is 0 Å². The topological polar surface area (TPSA) is 43.8 Å². The van der Waals surface area contributed by atoms with E-state index in [2.05, 4.69) is 35.8 Å². The summed E-state index contributed by atoms with van der Waals surface area (Å²) in [6.45, 7) is 5.14. The molecule has 21 heavy (non-hydrogen) atoms. The number of nitrogens with two attached hydrogens (primary N) is 1. The van der Waals surface area contributed by atoms with E-state index >= 15 is 0 Å². The number of aryl methyl sites for hydroxylation is 1. The zero-order valence-electron chi connectivity index (χ0n) is 12.6. The molecule has 0 spiro atoms. The molecule has 0 amide bonds. The number of rotatable bonds is 4. The fraction of sp³-hybridized carbons (Fsp3) is 0.278. The minimum absolute atomic E-state index is 0.602. The molecule has 1 aromatic heterocycles. The van der Waals surface area contributed by atoms with Crippen molar-refractivity contribution in [2.45, 2.75) is 32.4 Å². The molecule has 1 heterocycles. The lowest BCUT2D eigenvalue weighted by atomic mass is 9.92. The maximum absolute atomic E-state index is 6.67. The van der Waals surface area contributed by atoms with Gasteiger partial charge in [-0.15, -0.1) is 0 Å². The molecule has 0 saturated carbocycles. The fourth-order valence-corrected chi connectivity index (χ4v) is 2.84. The van der Waals surface area contributed by atoms with Crippen molar-refractivity contribution in [1.29, 1.82) is 0 Å². The zero-order valence-corrected chi connectivity index (χ0v) is 12.6. The molecule has 0 radical (unpaired) electrons. The van der Waals surface area contributed by atoms with E-state index in [0.717, 1.165) is 35.4 Å². The van der Waals surface area contributed by atoms with Gasteiger partial charge in [-0.05, 0) is 31.0 Å². The van der Waals surface area contributed by atoms with Crippen molar-refractivity contribution in [1.82, 2.24) is 9.55 Å². The molecule has 2 N–H and O–H groups in total. The summed E-state index contributed by atoms with van der Waals surface area (Å²) >= 11 is 0. The summed E-state index contributed by atoms with van der Waals surface area (Å²) in [7, 11) is 0. The van der Waals surface area contributed by atoms with Crippen LogP contribution in [0, 0.1) is 0 Å². The second-order valence-electron chi connectivity index (χ2n) is 5.64. The second kappa shape index (κ2) is 5.34. The van der Waals surface area contributed by atoms with E-state index in [4.69, 9.17) is 10.7 Å². The summed E-state index contributed by atoms with van der Waals surface area (Å²) in [6, 6.07) is 18.4. The van der Waals surface area contributed by atoms with E-state index in [1.54, 1.807) is 0 Å². The summed E-state index contributed by atoms with van der Waals surface area (Å²) in [6.07, 6.45) is 1.05. The van der Waals surface area contributed by atoms with Crippen LogP contribution < -0.4 is 5.73 Å². The average molecular weight is 279 g/mol. The van der Waals surface area contributed by atoms with E-state index in [1.165, 1.54) is 0 Å². The first kappa shape index (κ1) is 13.8. The molecule has 3 heteroatoms. The van der Waals surface area contributed by atoms with Gasteiger partial charge < -0.3 is 10.3 Å². The van der Waals surface area contributed by atoms with Gasteiger partial charge in [-0.25, -0.2) is 4.98 Å². The number of nitrogens with zero attached hydrogens (tertiary/aromatic N) is 2. The molecular formula is C18H21N3. The van der Waals surface area contributed by atoms with Crippen LogP contribution in [-0.4, -0.2) is 9.55 Å². The highest BCUT2D eigenvalue weighted by Crippen LogP contribution is 2.29. The summed E-state index contributed by atoms with van der Waals surface area (Å²) in [4.78, 5) is 4.82. The molecule has 0 aliphatic carbocycles. The van der Waals surface area contributed by atoms with Crippen LogP contribution in [0.2, 0.25) is 0 Å². The van der Waals surface area contributed by atoms with E-state index in [9.17, 15) is 0 Å². The van der Waals surface area contributed by atoms with Gasteiger partial charge in [-0.1, -0.05) is 49.4 Å². The molecule has 3 nitrogen and oxygen atoms in total. The van der Waals surface area contributed by atoms with E-state index in [0.29, 0.717) is 0 Å². The summed E-state index contributed by atoms with van der Waals surface area (Å²) in [5, 5.41) is 0. The molecule has 0 bridgehead atoms. The molecule has 0 saturated heterocycles. The van der Waals surface area contributed by atoms with Crippen LogP contribution in [0.3, 0.4) is 0 Å². The van der Waals surface area contributed by atoms with Crippen molar-refractivity contribution >= 4 is 11.0 Å². The van der Waals surface area contributed by atoms with Crippen molar-refractivity contribution in [3.8, 4) is 0 Å². The Bertz CT molecular complexity index is 742. The number of benzene rings is 2. The lowest BCUT2D eigenvalue weighted by Crippen LogP contribution is -2.37.